The number of ether oxygens (including phenoxy) is 1. The van der Waals surface area contributed by atoms with E-state index in [0.29, 0.717) is 17.7 Å². The Hall–Kier alpha value is -2.92. The number of likely N-dealkylation sites (N-methyl/N-ethyl adjacent to an activating group) is 1. The molecule has 5 heteroatoms. The van der Waals surface area contributed by atoms with Crippen LogP contribution in [0, 0.1) is 0 Å². The maximum absolute atomic E-state index is 13.3. The van der Waals surface area contributed by atoms with E-state index in [2.05, 4.69) is 21.8 Å². The van der Waals surface area contributed by atoms with Gasteiger partial charge in [0.05, 0.1) is 23.4 Å². The van der Waals surface area contributed by atoms with E-state index in [4.69, 9.17) is 4.74 Å². The normalized spacial score (nSPS) is 15.0. The van der Waals surface area contributed by atoms with Gasteiger partial charge >= 0.3 is 0 Å². The van der Waals surface area contributed by atoms with Gasteiger partial charge in [0.1, 0.15) is 5.75 Å². The fourth-order valence-electron chi connectivity index (χ4n) is 3.70. The highest BCUT2D eigenvalue weighted by Crippen LogP contribution is 2.34. The van der Waals surface area contributed by atoms with Crippen molar-refractivity contribution in [3.05, 3.63) is 65.9 Å². The molecule has 0 atom stereocenters. The number of carbonyl (C=O) groups excluding carboxylic acids is 1. The number of anilines is 1. The van der Waals surface area contributed by atoms with Crippen molar-refractivity contribution in [2.45, 2.75) is 6.92 Å². The number of hydrogen-bond acceptors (Lipinski definition) is 5. The van der Waals surface area contributed by atoms with Crippen LogP contribution in [0.5, 0.6) is 5.75 Å². The first-order valence-electron chi connectivity index (χ1n) is 9.76. The summed E-state index contributed by atoms with van der Waals surface area (Å²) in [7, 11) is 2.13. The first-order valence-corrected chi connectivity index (χ1v) is 9.76. The third-order valence-corrected chi connectivity index (χ3v) is 5.22. The molecule has 1 aliphatic heterocycles. The Morgan fingerprint density at radius 3 is 2.54 bits per heavy atom. The van der Waals surface area contributed by atoms with Crippen LogP contribution in [0.3, 0.4) is 0 Å². The molecular weight excluding hydrogens is 350 g/mol. The van der Waals surface area contributed by atoms with E-state index in [-0.39, 0.29) is 5.78 Å². The number of carbonyl (C=O) groups is 1. The molecule has 0 radical (unpaired) electrons. The summed E-state index contributed by atoms with van der Waals surface area (Å²) < 4.78 is 5.72. The second-order valence-corrected chi connectivity index (χ2v) is 7.12. The number of nitrogens with zero attached hydrogens (tertiary/aromatic N) is 3. The maximum atomic E-state index is 13.3. The van der Waals surface area contributed by atoms with E-state index in [0.717, 1.165) is 48.5 Å². The monoisotopic (exact) mass is 375 g/mol. The number of benzene rings is 2. The van der Waals surface area contributed by atoms with E-state index >= 15 is 0 Å². The number of pyridine rings is 1. The average molecular weight is 375 g/mol. The lowest BCUT2D eigenvalue weighted by Gasteiger charge is -2.35. The van der Waals surface area contributed by atoms with E-state index in [9.17, 15) is 4.79 Å². The predicted octanol–water partition coefficient (Wildman–Crippen LogP) is 3.62. The summed E-state index contributed by atoms with van der Waals surface area (Å²) in [6.45, 7) is 6.26. The van der Waals surface area contributed by atoms with E-state index < -0.39 is 0 Å². The minimum Gasteiger partial charge on any atom is -0.494 e. The highest BCUT2D eigenvalue weighted by Gasteiger charge is 2.24. The van der Waals surface area contributed by atoms with Crippen molar-refractivity contribution in [1.29, 1.82) is 0 Å². The van der Waals surface area contributed by atoms with Gasteiger partial charge in [0, 0.05) is 43.3 Å². The van der Waals surface area contributed by atoms with Crippen molar-refractivity contribution in [2.24, 2.45) is 0 Å². The van der Waals surface area contributed by atoms with Gasteiger partial charge in [0.2, 0.25) is 0 Å². The van der Waals surface area contributed by atoms with Gasteiger partial charge in [-0.15, -0.1) is 0 Å². The SMILES string of the molecule is CCOc1ccc2ncc(C(=O)c3ccccc3)c(N3CCN(C)CC3)c2c1. The zero-order valence-corrected chi connectivity index (χ0v) is 16.4. The summed E-state index contributed by atoms with van der Waals surface area (Å²) in [6.07, 6.45) is 1.73. The first kappa shape index (κ1) is 18.4. The number of fused-ring (bicyclic) bond motifs is 1. The molecule has 144 valence electrons. The summed E-state index contributed by atoms with van der Waals surface area (Å²) >= 11 is 0. The van der Waals surface area contributed by atoms with Crippen LogP contribution in [0.1, 0.15) is 22.8 Å². The number of hydrogen-bond donors (Lipinski definition) is 0. The molecule has 0 saturated carbocycles. The van der Waals surface area contributed by atoms with Crippen molar-refractivity contribution in [3.63, 3.8) is 0 Å². The molecule has 1 aliphatic rings. The Morgan fingerprint density at radius 2 is 1.82 bits per heavy atom. The molecule has 5 nitrogen and oxygen atoms in total. The number of rotatable bonds is 5. The Bertz CT molecular complexity index is 980. The van der Waals surface area contributed by atoms with Gasteiger partial charge in [-0.3, -0.25) is 9.78 Å². The first-order chi connectivity index (χ1) is 13.7. The van der Waals surface area contributed by atoms with E-state index in [1.165, 1.54) is 0 Å². The minimum atomic E-state index is 0.00532. The molecule has 0 bridgehead atoms. The summed E-state index contributed by atoms with van der Waals surface area (Å²) in [4.78, 5) is 22.5. The molecule has 0 unspecified atom stereocenters. The number of aromatic nitrogens is 1. The van der Waals surface area contributed by atoms with Crippen LogP contribution in [0.15, 0.2) is 54.7 Å². The molecule has 28 heavy (non-hydrogen) atoms. The predicted molar refractivity (Wildman–Crippen MR) is 112 cm³/mol. The summed E-state index contributed by atoms with van der Waals surface area (Å²) in [5.41, 5.74) is 3.17. The third-order valence-electron chi connectivity index (χ3n) is 5.22. The van der Waals surface area contributed by atoms with Crippen molar-refractivity contribution in [3.8, 4) is 5.75 Å². The van der Waals surface area contributed by atoms with Gasteiger partial charge in [-0.1, -0.05) is 30.3 Å². The van der Waals surface area contributed by atoms with E-state index in [1.807, 2.05) is 55.5 Å². The van der Waals surface area contributed by atoms with Crippen molar-refractivity contribution < 1.29 is 9.53 Å². The molecule has 1 aromatic heterocycles. The van der Waals surface area contributed by atoms with Crippen LogP contribution in [0.25, 0.3) is 10.9 Å². The van der Waals surface area contributed by atoms with Crippen LogP contribution in [-0.2, 0) is 0 Å². The Kier molecular flexibility index (Phi) is 5.26. The van der Waals surface area contributed by atoms with Crippen LogP contribution in [-0.4, -0.2) is 55.5 Å². The van der Waals surface area contributed by atoms with Crippen LogP contribution >= 0.6 is 0 Å². The second-order valence-electron chi connectivity index (χ2n) is 7.12. The topological polar surface area (TPSA) is 45.7 Å². The molecule has 0 aliphatic carbocycles. The summed E-state index contributed by atoms with van der Waals surface area (Å²) in [5, 5.41) is 0.970. The number of piperazine rings is 1. The summed E-state index contributed by atoms with van der Waals surface area (Å²) in [5.74, 6) is 0.808. The lowest BCUT2D eigenvalue weighted by molar-refractivity contribution is 0.103. The van der Waals surface area contributed by atoms with Gasteiger partial charge in [-0.05, 0) is 32.2 Å². The smallest absolute Gasteiger partial charge is 0.196 e. The highest BCUT2D eigenvalue weighted by molar-refractivity contribution is 6.16. The van der Waals surface area contributed by atoms with Crippen LogP contribution in [0.4, 0.5) is 5.69 Å². The lowest BCUT2D eigenvalue weighted by Crippen LogP contribution is -2.45. The molecule has 0 amide bonds. The molecule has 2 aromatic carbocycles. The van der Waals surface area contributed by atoms with Crippen LogP contribution < -0.4 is 9.64 Å². The standard InChI is InChI=1S/C23H25N3O2/c1-3-28-18-9-10-21-19(15-18)22(26-13-11-25(2)12-14-26)20(16-24-21)23(27)17-7-5-4-6-8-17/h4-10,15-16H,3,11-14H2,1-2H3. The third kappa shape index (κ3) is 3.58. The van der Waals surface area contributed by atoms with E-state index in [1.54, 1.807) is 6.20 Å². The van der Waals surface area contributed by atoms with Gasteiger partial charge in [-0.25, -0.2) is 0 Å². The Morgan fingerprint density at radius 1 is 1.07 bits per heavy atom. The molecular formula is C23H25N3O2. The van der Waals surface area contributed by atoms with Crippen molar-refractivity contribution in [2.75, 3.05) is 44.7 Å². The second kappa shape index (κ2) is 7.98. The lowest BCUT2D eigenvalue weighted by atomic mass is 9.99. The molecule has 3 aromatic rings. The fraction of sp³-hybridized carbons (Fsp3) is 0.304. The van der Waals surface area contributed by atoms with Crippen LogP contribution in [0.2, 0.25) is 0 Å². The molecule has 1 saturated heterocycles. The summed E-state index contributed by atoms with van der Waals surface area (Å²) in [6, 6.07) is 15.3. The van der Waals surface area contributed by atoms with Crippen molar-refractivity contribution >= 4 is 22.4 Å². The Labute approximate surface area is 165 Å². The quantitative estimate of drug-likeness (QED) is 0.638. The molecule has 1 fully saturated rings. The van der Waals surface area contributed by atoms with Gasteiger partial charge in [-0.2, -0.15) is 0 Å². The minimum absolute atomic E-state index is 0.00532. The number of ketones is 1. The highest BCUT2D eigenvalue weighted by atomic mass is 16.5. The Balaban J connectivity index is 1.88. The fourth-order valence-corrected chi connectivity index (χ4v) is 3.70. The molecule has 0 N–H and O–H groups in total. The zero-order valence-electron chi connectivity index (χ0n) is 16.4. The van der Waals surface area contributed by atoms with Gasteiger partial charge < -0.3 is 14.5 Å². The van der Waals surface area contributed by atoms with Gasteiger partial charge in [0.15, 0.2) is 5.78 Å². The largest absolute Gasteiger partial charge is 0.494 e. The maximum Gasteiger partial charge on any atom is 0.196 e. The van der Waals surface area contributed by atoms with Gasteiger partial charge in [0.25, 0.3) is 0 Å². The molecule has 4 rings (SSSR count). The average Bonchev–Trinajstić information content (AvgIpc) is 2.74. The molecule has 0 spiro atoms. The van der Waals surface area contributed by atoms with Crippen molar-refractivity contribution in [1.82, 2.24) is 9.88 Å². The molecule has 2 heterocycles. The zero-order chi connectivity index (χ0) is 19.5.